The number of aliphatic hydroxyl groups is 1. The van der Waals surface area contributed by atoms with Gasteiger partial charge in [0, 0.05) is 29.8 Å². The molecule has 58 heavy (non-hydrogen) atoms. The fourth-order valence-corrected chi connectivity index (χ4v) is 7.76. The number of anilines is 2. The molecule has 17 heteroatoms. The van der Waals surface area contributed by atoms with Crippen LogP contribution in [0.2, 0.25) is 10.0 Å². The lowest BCUT2D eigenvalue weighted by Gasteiger charge is -2.37. The monoisotopic (exact) mass is 849 g/mol. The maximum Gasteiger partial charge on any atom is 0.340 e. The Balaban J connectivity index is 1.32. The van der Waals surface area contributed by atoms with Crippen LogP contribution in [0.25, 0.3) is 0 Å². The number of nitrogens with one attached hydrogen (secondary N) is 3. The second-order valence-corrected chi connectivity index (χ2v) is 15.8. The summed E-state index contributed by atoms with van der Waals surface area (Å²) < 4.78 is 52.9. The van der Waals surface area contributed by atoms with E-state index in [0.717, 1.165) is 0 Å². The number of aliphatic hydroxyl groups excluding tert-OH is 1. The topological polar surface area (TPSA) is 172 Å². The van der Waals surface area contributed by atoms with Gasteiger partial charge in [0.15, 0.2) is 0 Å². The van der Waals surface area contributed by atoms with Crippen LogP contribution in [0.15, 0.2) is 54.6 Å². The van der Waals surface area contributed by atoms with Crippen molar-refractivity contribution in [3.05, 3.63) is 87.2 Å². The zero-order valence-electron chi connectivity index (χ0n) is 33.2. The van der Waals surface area contributed by atoms with Gasteiger partial charge < -0.3 is 49.5 Å². The third kappa shape index (κ3) is 10.4. The molecule has 14 nitrogen and oxygen atoms in total. The first kappa shape index (κ1) is 45.2. The SMILES string of the molecule is COCCOCCOCCOC(O)OC(C)OC(=O)c1ccc(NC(=O)[C@@H]2N[C@@H](CC(C)(C)C)[C@@]3(C(=O)Nc4cc(Cl)ccc43)[C@H]2c2cccc(Cl)c2F)c(OC)c1. The van der Waals surface area contributed by atoms with Crippen LogP contribution in [0.4, 0.5) is 15.8 Å². The van der Waals surface area contributed by atoms with Crippen LogP contribution >= 0.6 is 23.2 Å². The predicted molar refractivity (Wildman–Crippen MR) is 214 cm³/mol. The first-order valence-electron chi connectivity index (χ1n) is 18.7. The fourth-order valence-electron chi connectivity index (χ4n) is 7.41. The minimum Gasteiger partial charge on any atom is -0.495 e. The lowest BCUT2D eigenvalue weighted by atomic mass is 9.62. The molecule has 0 bridgehead atoms. The number of carbonyl (C=O) groups excluding carboxylic acids is 3. The average Bonchev–Trinajstić information content (AvgIpc) is 3.64. The maximum atomic E-state index is 16.2. The number of esters is 1. The van der Waals surface area contributed by atoms with Gasteiger partial charge in [0.05, 0.1) is 69.1 Å². The summed E-state index contributed by atoms with van der Waals surface area (Å²) >= 11 is 12.7. The van der Waals surface area contributed by atoms with Crippen LogP contribution in [0, 0.1) is 11.2 Å². The van der Waals surface area contributed by atoms with E-state index < -0.39 is 59.8 Å². The summed E-state index contributed by atoms with van der Waals surface area (Å²) in [7, 11) is 2.94. The highest BCUT2D eigenvalue weighted by atomic mass is 35.5. The first-order valence-corrected chi connectivity index (χ1v) is 19.5. The molecule has 0 radical (unpaired) electrons. The summed E-state index contributed by atoms with van der Waals surface area (Å²) in [5, 5.41) is 19.6. The van der Waals surface area contributed by atoms with Gasteiger partial charge in [-0.05, 0) is 66.3 Å². The number of hydrogen-bond acceptors (Lipinski definition) is 12. The number of methoxy groups -OCH3 is 2. The van der Waals surface area contributed by atoms with E-state index in [9.17, 15) is 19.5 Å². The molecular weight excluding hydrogens is 800 g/mol. The molecule has 1 saturated heterocycles. The van der Waals surface area contributed by atoms with Crippen molar-refractivity contribution in [3.8, 4) is 5.75 Å². The number of amides is 2. The number of benzene rings is 3. The number of carbonyl (C=O) groups is 3. The van der Waals surface area contributed by atoms with E-state index in [-0.39, 0.29) is 46.2 Å². The quantitative estimate of drug-likeness (QED) is 0.0629. The molecule has 1 fully saturated rings. The molecule has 1 spiro atoms. The molecule has 2 amide bonds. The molecule has 3 aromatic carbocycles. The van der Waals surface area contributed by atoms with Crippen molar-refractivity contribution in [2.24, 2.45) is 5.41 Å². The minimum atomic E-state index is -1.70. The largest absolute Gasteiger partial charge is 0.495 e. The number of fused-ring (bicyclic) bond motifs is 2. The molecule has 0 aromatic heterocycles. The van der Waals surface area contributed by atoms with E-state index >= 15 is 4.39 Å². The second-order valence-electron chi connectivity index (χ2n) is 15.0. The molecule has 2 unspecified atom stereocenters. The highest BCUT2D eigenvalue weighted by molar-refractivity contribution is 6.31. The molecule has 0 saturated carbocycles. The summed E-state index contributed by atoms with van der Waals surface area (Å²) in [4.78, 5) is 42.0. The van der Waals surface area contributed by atoms with E-state index in [0.29, 0.717) is 49.1 Å². The van der Waals surface area contributed by atoms with Gasteiger partial charge in [0.1, 0.15) is 17.0 Å². The zero-order chi connectivity index (χ0) is 42.2. The Kier molecular flexibility index (Phi) is 15.5. The summed E-state index contributed by atoms with van der Waals surface area (Å²) in [6, 6.07) is 12.0. The molecule has 0 aliphatic carbocycles. The van der Waals surface area contributed by atoms with E-state index in [1.54, 1.807) is 31.4 Å². The van der Waals surface area contributed by atoms with Crippen LogP contribution in [-0.4, -0.2) is 102 Å². The summed E-state index contributed by atoms with van der Waals surface area (Å²) in [6.45, 7) is 7.55. The lowest BCUT2D eigenvalue weighted by molar-refractivity contribution is -0.312. The highest BCUT2D eigenvalue weighted by Gasteiger charge is 2.66. The second kappa shape index (κ2) is 19.9. The zero-order valence-corrected chi connectivity index (χ0v) is 34.7. The number of hydrogen-bond donors (Lipinski definition) is 4. The van der Waals surface area contributed by atoms with Gasteiger partial charge in [-0.1, -0.05) is 62.2 Å². The molecule has 6 atom stereocenters. The molecule has 2 aliphatic rings. The van der Waals surface area contributed by atoms with E-state index in [2.05, 4.69) is 16.0 Å². The maximum absolute atomic E-state index is 16.2. The summed E-state index contributed by atoms with van der Waals surface area (Å²) in [5.74, 6) is -3.55. The van der Waals surface area contributed by atoms with Gasteiger partial charge in [-0.15, -0.1) is 0 Å². The Morgan fingerprint density at radius 3 is 2.38 bits per heavy atom. The Bertz CT molecular complexity index is 1930. The molecule has 2 aliphatic heterocycles. The number of rotatable bonds is 19. The molecule has 2 heterocycles. The van der Waals surface area contributed by atoms with Crippen LogP contribution < -0.4 is 20.7 Å². The highest BCUT2D eigenvalue weighted by Crippen LogP contribution is 2.57. The summed E-state index contributed by atoms with van der Waals surface area (Å²) in [6.07, 6.45) is -0.793. The van der Waals surface area contributed by atoms with Crippen LogP contribution in [-0.2, 0) is 43.4 Å². The van der Waals surface area contributed by atoms with Crippen molar-refractivity contribution in [3.63, 3.8) is 0 Å². The summed E-state index contributed by atoms with van der Waals surface area (Å²) in [5.41, 5.74) is -0.433. The van der Waals surface area contributed by atoms with Crippen LogP contribution in [0.3, 0.4) is 0 Å². The lowest BCUT2D eigenvalue weighted by Crippen LogP contribution is -2.49. The molecule has 316 valence electrons. The molecule has 5 rings (SSSR count). The predicted octanol–water partition coefficient (Wildman–Crippen LogP) is 6.02. The third-order valence-electron chi connectivity index (χ3n) is 9.79. The normalized spacial score (nSPS) is 21.1. The van der Waals surface area contributed by atoms with Crippen LogP contribution in [0.5, 0.6) is 5.75 Å². The van der Waals surface area contributed by atoms with Crippen LogP contribution in [0.1, 0.15) is 61.5 Å². The van der Waals surface area contributed by atoms with E-state index in [1.165, 1.54) is 44.4 Å². The van der Waals surface area contributed by atoms with Gasteiger partial charge in [0.25, 0.3) is 6.48 Å². The van der Waals surface area contributed by atoms with Crippen molar-refractivity contribution < 1.29 is 57.0 Å². The van der Waals surface area contributed by atoms with Gasteiger partial charge >= 0.3 is 5.97 Å². The van der Waals surface area contributed by atoms with Gasteiger partial charge in [-0.25, -0.2) is 9.18 Å². The smallest absolute Gasteiger partial charge is 0.340 e. The van der Waals surface area contributed by atoms with Crippen molar-refractivity contribution in [1.82, 2.24) is 5.32 Å². The number of halogens is 3. The van der Waals surface area contributed by atoms with Gasteiger partial charge in [-0.3, -0.25) is 14.3 Å². The Hall–Kier alpha value is -3.90. The van der Waals surface area contributed by atoms with E-state index in [1.807, 2.05) is 20.8 Å². The molecule has 3 aromatic rings. The van der Waals surface area contributed by atoms with Crippen molar-refractivity contribution in [1.29, 1.82) is 0 Å². The standard InChI is InChI=1S/C41H50Cl2FN3O11/c1-23(58-39(51)56-19-18-55-17-16-54-15-14-52-5)57-37(49)24-10-13-29(31(20-24)53-6)45-36(48)35-33(26-8-7-9-28(43)34(26)44)41(32(47-35)22-40(2,3)4)27-12-11-25(42)21-30(27)46-38(41)50/h7-13,20-21,23,32-33,35,39,47,51H,14-19,22H2,1-6H3,(H,45,48)(H,46,50)/t23?,32-,33-,35+,39?,41+/m0/s1. The minimum absolute atomic E-state index is 0.00301. The van der Waals surface area contributed by atoms with E-state index in [4.69, 9.17) is 56.4 Å². The average molecular weight is 851 g/mol. The number of ether oxygens (including phenoxy) is 7. The third-order valence-corrected chi connectivity index (χ3v) is 10.3. The first-order chi connectivity index (χ1) is 27.6. The molecule has 4 N–H and O–H groups in total. The van der Waals surface area contributed by atoms with Crippen molar-refractivity contribution in [2.75, 3.05) is 64.5 Å². The van der Waals surface area contributed by atoms with Gasteiger partial charge in [-0.2, -0.15) is 0 Å². The molecular formula is C41H50Cl2FN3O11. The van der Waals surface area contributed by atoms with Gasteiger partial charge in [0.2, 0.25) is 18.1 Å². The Morgan fingerprint density at radius 2 is 1.69 bits per heavy atom. The van der Waals surface area contributed by atoms with Crippen molar-refractivity contribution >= 4 is 52.4 Å². The Labute approximate surface area is 346 Å². The fraction of sp³-hybridized carbons (Fsp3) is 0.488. The Morgan fingerprint density at radius 1 is 0.983 bits per heavy atom. The van der Waals surface area contributed by atoms with Crippen molar-refractivity contribution in [2.45, 2.75) is 70.3 Å².